The average Bonchev–Trinajstić information content (AvgIpc) is 2.46. The third kappa shape index (κ3) is 1.28. The molecule has 0 aliphatic rings. The van der Waals surface area contributed by atoms with Crippen LogP contribution in [0, 0.1) is 6.92 Å². The van der Waals surface area contributed by atoms with E-state index in [4.69, 9.17) is 4.42 Å². The molecule has 2 N–H and O–H groups in total. The first-order valence-corrected chi connectivity index (χ1v) is 4.01. The van der Waals surface area contributed by atoms with Gasteiger partial charge in [-0.3, -0.25) is 9.97 Å². The molecule has 72 valence electrons. The van der Waals surface area contributed by atoms with E-state index in [0.717, 1.165) is 5.56 Å². The number of nitrogens with one attached hydrogen (secondary N) is 1. The Bertz CT molecular complexity index is 513. The van der Waals surface area contributed by atoms with E-state index in [2.05, 4.69) is 9.97 Å². The lowest BCUT2D eigenvalue weighted by Crippen LogP contribution is -1.93. The molecule has 0 aliphatic carbocycles. The summed E-state index contributed by atoms with van der Waals surface area (Å²) >= 11 is 0. The van der Waals surface area contributed by atoms with Crippen LogP contribution in [0.25, 0.3) is 11.3 Å². The molecule has 2 aromatic heterocycles. The molecule has 2 heterocycles. The third-order valence-electron chi connectivity index (χ3n) is 1.91. The molecule has 0 aromatic carbocycles. The number of pyridine rings is 1. The van der Waals surface area contributed by atoms with Gasteiger partial charge in [-0.15, -0.1) is 0 Å². The van der Waals surface area contributed by atoms with Crippen molar-refractivity contribution in [3.63, 3.8) is 0 Å². The van der Waals surface area contributed by atoms with E-state index < -0.39 is 5.76 Å². The number of rotatable bonds is 1. The summed E-state index contributed by atoms with van der Waals surface area (Å²) in [6, 6.07) is 1.77. The van der Waals surface area contributed by atoms with Crippen molar-refractivity contribution in [2.24, 2.45) is 0 Å². The molecule has 2 rings (SSSR count). The van der Waals surface area contributed by atoms with E-state index in [9.17, 15) is 9.90 Å². The maximum atomic E-state index is 10.8. The Hall–Kier alpha value is -2.04. The number of hydrogen-bond donors (Lipinski definition) is 2. The van der Waals surface area contributed by atoms with Crippen LogP contribution in [-0.4, -0.2) is 15.1 Å². The van der Waals surface area contributed by atoms with E-state index in [0.29, 0.717) is 5.56 Å². The molecule has 0 spiro atoms. The predicted octanol–water partition coefficient (Wildman–Crippen LogP) is 1.04. The molecule has 0 unspecified atom stereocenters. The van der Waals surface area contributed by atoms with Crippen LogP contribution in [0.1, 0.15) is 5.56 Å². The van der Waals surface area contributed by atoms with Crippen LogP contribution in [-0.2, 0) is 0 Å². The van der Waals surface area contributed by atoms with E-state index in [1.54, 1.807) is 12.3 Å². The van der Waals surface area contributed by atoms with Crippen LogP contribution in [0.4, 0.5) is 0 Å². The fraction of sp³-hybridized carbons (Fsp3) is 0.111. The summed E-state index contributed by atoms with van der Waals surface area (Å²) in [6.07, 6.45) is 3.15. The van der Waals surface area contributed by atoms with Crippen LogP contribution in [0.3, 0.4) is 0 Å². The van der Waals surface area contributed by atoms with Crippen molar-refractivity contribution in [2.75, 3.05) is 0 Å². The van der Waals surface area contributed by atoms with Gasteiger partial charge in [0.2, 0.25) is 11.6 Å². The first-order chi connectivity index (χ1) is 6.68. The SMILES string of the molecule is Cc1ccncc1-c1oc(=O)[nH]c1O. The van der Waals surface area contributed by atoms with Gasteiger partial charge in [-0.2, -0.15) is 0 Å². The van der Waals surface area contributed by atoms with Crippen molar-refractivity contribution in [1.29, 1.82) is 0 Å². The third-order valence-corrected chi connectivity index (χ3v) is 1.91. The molecule has 5 heteroatoms. The smallest absolute Gasteiger partial charge is 0.419 e. The van der Waals surface area contributed by atoms with E-state index in [1.165, 1.54) is 6.20 Å². The average molecular weight is 192 g/mol. The van der Waals surface area contributed by atoms with Crippen molar-refractivity contribution in [3.8, 4) is 17.2 Å². The molecule has 2 aromatic rings. The lowest BCUT2D eigenvalue weighted by atomic mass is 10.1. The molecule has 0 bridgehead atoms. The Morgan fingerprint density at radius 2 is 2.36 bits per heavy atom. The summed E-state index contributed by atoms with van der Waals surface area (Å²) in [7, 11) is 0. The van der Waals surface area contributed by atoms with Gasteiger partial charge in [-0.1, -0.05) is 0 Å². The number of aromatic amines is 1. The summed E-state index contributed by atoms with van der Waals surface area (Å²) in [5.74, 6) is -0.826. The Labute approximate surface area is 79.0 Å². The molecule has 0 saturated heterocycles. The molecule has 5 nitrogen and oxygen atoms in total. The Balaban J connectivity index is 2.66. The monoisotopic (exact) mass is 192 g/mol. The molecular weight excluding hydrogens is 184 g/mol. The van der Waals surface area contributed by atoms with Crippen molar-refractivity contribution in [1.82, 2.24) is 9.97 Å². The van der Waals surface area contributed by atoms with E-state index in [1.807, 2.05) is 6.92 Å². The fourth-order valence-electron chi connectivity index (χ4n) is 1.20. The van der Waals surface area contributed by atoms with Crippen molar-refractivity contribution in [2.45, 2.75) is 6.92 Å². The van der Waals surface area contributed by atoms with Crippen LogP contribution in [0.5, 0.6) is 5.88 Å². The van der Waals surface area contributed by atoms with Gasteiger partial charge < -0.3 is 9.52 Å². The molecule has 0 amide bonds. The number of nitrogens with zero attached hydrogens (tertiary/aromatic N) is 1. The number of aryl methyl sites for hydroxylation is 1. The highest BCUT2D eigenvalue weighted by Crippen LogP contribution is 2.27. The zero-order valence-electron chi connectivity index (χ0n) is 7.44. The van der Waals surface area contributed by atoms with E-state index in [-0.39, 0.29) is 11.6 Å². The van der Waals surface area contributed by atoms with Gasteiger partial charge >= 0.3 is 5.76 Å². The summed E-state index contributed by atoms with van der Waals surface area (Å²) in [4.78, 5) is 16.8. The second-order valence-electron chi connectivity index (χ2n) is 2.88. The number of oxazole rings is 1. The maximum Gasteiger partial charge on any atom is 0.419 e. The van der Waals surface area contributed by atoms with Gasteiger partial charge in [-0.05, 0) is 18.6 Å². The molecule has 0 saturated carbocycles. The lowest BCUT2D eigenvalue weighted by molar-refractivity contribution is 0.452. The largest absolute Gasteiger partial charge is 0.492 e. The topological polar surface area (TPSA) is 79.1 Å². The second kappa shape index (κ2) is 3.02. The molecule has 0 atom stereocenters. The highest BCUT2D eigenvalue weighted by atomic mass is 16.4. The number of aromatic hydroxyl groups is 1. The van der Waals surface area contributed by atoms with Gasteiger partial charge in [0.05, 0.1) is 0 Å². The van der Waals surface area contributed by atoms with Crippen LogP contribution in [0.2, 0.25) is 0 Å². The lowest BCUT2D eigenvalue weighted by Gasteiger charge is -1.99. The minimum atomic E-state index is -0.680. The van der Waals surface area contributed by atoms with Gasteiger partial charge in [0.25, 0.3) is 0 Å². The fourth-order valence-corrected chi connectivity index (χ4v) is 1.20. The first-order valence-electron chi connectivity index (χ1n) is 4.01. The van der Waals surface area contributed by atoms with Crippen molar-refractivity contribution >= 4 is 0 Å². The zero-order valence-corrected chi connectivity index (χ0v) is 7.44. The van der Waals surface area contributed by atoms with Crippen LogP contribution < -0.4 is 5.76 Å². The summed E-state index contributed by atoms with van der Waals surface area (Å²) in [5, 5.41) is 9.33. The van der Waals surface area contributed by atoms with E-state index >= 15 is 0 Å². The minimum Gasteiger partial charge on any atom is -0.492 e. The highest BCUT2D eigenvalue weighted by molar-refractivity contribution is 5.64. The number of hydrogen-bond acceptors (Lipinski definition) is 4. The molecule has 14 heavy (non-hydrogen) atoms. The zero-order chi connectivity index (χ0) is 10.1. The Morgan fingerprint density at radius 3 is 2.93 bits per heavy atom. The summed E-state index contributed by atoms with van der Waals surface area (Å²) < 4.78 is 4.78. The minimum absolute atomic E-state index is 0.126. The Kier molecular flexibility index (Phi) is 1.85. The maximum absolute atomic E-state index is 10.8. The highest BCUT2D eigenvalue weighted by Gasteiger charge is 2.12. The van der Waals surface area contributed by atoms with Crippen LogP contribution in [0.15, 0.2) is 27.7 Å². The molecule has 0 aliphatic heterocycles. The molecular formula is C9H8N2O3. The normalized spacial score (nSPS) is 10.4. The van der Waals surface area contributed by atoms with Gasteiger partial charge in [0.1, 0.15) is 0 Å². The molecule has 0 radical (unpaired) electrons. The predicted molar refractivity (Wildman–Crippen MR) is 49.0 cm³/mol. The van der Waals surface area contributed by atoms with Crippen molar-refractivity contribution in [3.05, 3.63) is 34.6 Å². The van der Waals surface area contributed by atoms with Gasteiger partial charge in [0.15, 0.2) is 0 Å². The van der Waals surface area contributed by atoms with Gasteiger partial charge in [0, 0.05) is 18.0 Å². The van der Waals surface area contributed by atoms with Crippen LogP contribution >= 0.6 is 0 Å². The summed E-state index contributed by atoms with van der Waals surface area (Å²) in [5.41, 5.74) is 1.47. The number of aromatic nitrogens is 2. The van der Waals surface area contributed by atoms with Crippen molar-refractivity contribution < 1.29 is 9.52 Å². The molecule has 0 fully saturated rings. The Morgan fingerprint density at radius 1 is 1.57 bits per heavy atom. The summed E-state index contributed by atoms with van der Waals surface area (Å²) in [6.45, 7) is 1.84. The second-order valence-corrected chi connectivity index (χ2v) is 2.88. The first kappa shape index (κ1) is 8.55. The standard InChI is InChI=1S/C9H8N2O3/c1-5-2-3-10-4-6(5)7-8(12)11-9(13)14-7/h2-4,12H,1H3,(H,11,13). The quantitative estimate of drug-likeness (QED) is 0.707. The van der Waals surface area contributed by atoms with Gasteiger partial charge in [-0.25, -0.2) is 4.79 Å². The number of H-pyrrole nitrogens is 1.